The van der Waals surface area contributed by atoms with Gasteiger partial charge in [-0.15, -0.1) is 11.3 Å². The van der Waals surface area contributed by atoms with Gasteiger partial charge in [0.2, 0.25) is 0 Å². The molecule has 2 unspecified atom stereocenters. The maximum Gasteiger partial charge on any atom is 0.392 e. The van der Waals surface area contributed by atoms with Crippen LogP contribution in [0, 0.1) is 12.8 Å². The van der Waals surface area contributed by atoms with Crippen molar-refractivity contribution in [2.45, 2.75) is 64.8 Å². The lowest BCUT2D eigenvalue weighted by Gasteiger charge is -2.29. The fraction of sp³-hybridized carbons (Fsp3) is 0.458. The number of aromatic nitrogens is 3. The van der Waals surface area contributed by atoms with Crippen molar-refractivity contribution in [3.05, 3.63) is 67.8 Å². The fourth-order valence-corrected chi connectivity index (χ4v) is 6.03. The lowest BCUT2D eigenvalue weighted by atomic mass is 9.86. The van der Waals surface area contributed by atoms with Crippen LogP contribution in [-0.2, 0) is 25.9 Å². The van der Waals surface area contributed by atoms with Gasteiger partial charge in [0.05, 0.1) is 17.9 Å². The highest BCUT2D eigenvalue weighted by atomic mass is 32.1. The van der Waals surface area contributed by atoms with E-state index in [4.69, 9.17) is 0 Å². The zero-order chi connectivity index (χ0) is 24.2. The minimum Gasteiger partial charge on any atom is -0.330 e. The average Bonchev–Trinajstić information content (AvgIpc) is 3.37. The second kappa shape index (κ2) is 8.41. The van der Waals surface area contributed by atoms with E-state index in [1.54, 1.807) is 34.1 Å². The summed E-state index contributed by atoms with van der Waals surface area (Å²) in [5.74, 6) is -1.62. The molecule has 6 nitrogen and oxygen atoms in total. The molecule has 0 fully saturated rings. The number of thiophene rings is 1. The molecule has 10 heteroatoms. The first-order valence-corrected chi connectivity index (χ1v) is 12.2. The first kappa shape index (κ1) is 22.9. The molecule has 2 atom stereocenters. The summed E-state index contributed by atoms with van der Waals surface area (Å²) in [6.07, 6.45) is 0.188. The van der Waals surface area contributed by atoms with E-state index in [0.717, 1.165) is 21.7 Å². The summed E-state index contributed by atoms with van der Waals surface area (Å²) < 4.78 is 43.3. The second-order valence-electron chi connectivity index (χ2n) is 9.20. The van der Waals surface area contributed by atoms with Crippen molar-refractivity contribution in [3.63, 3.8) is 0 Å². The topological polar surface area (TPSA) is 60.1 Å². The lowest BCUT2D eigenvalue weighted by molar-refractivity contribution is -0.177. The van der Waals surface area contributed by atoms with Crippen molar-refractivity contribution < 1.29 is 18.0 Å². The van der Waals surface area contributed by atoms with Crippen LogP contribution in [-0.4, -0.2) is 37.1 Å². The molecule has 1 aliphatic carbocycles. The molecule has 0 bridgehead atoms. The molecule has 0 N–H and O–H groups in total. The quantitative estimate of drug-likeness (QED) is 0.543. The molecular weight excluding hydrogens is 465 g/mol. The standard InChI is InChI=1S/C24H25F3N4O2S/c1-14-10-29(13-28-14)19-4-5-20-23(33)31(15(2)7-8-30(20)22(19)32)11-16-12-34-21-6-3-17(9-18(16)21)24(25,26)27/h4-5,10,12-13,15,17H,3,6-9,11H2,1-2H3. The third kappa shape index (κ3) is 3.97. The molecule has 0 radical (unpaired) electrons. The van der Waals surface area contributed by atoms with E-state index in [2.05, 4.69) is 4.98 Å². The lowest BCUT2D eigenvalue weighted by Crippen LogP contribution is -2.38. The van der Waals surface area contributed by atoms with Gasteiger partial charge in [-0.05, 0) is 68.2 Å². The van der Waals surface area contributed by atoms with Crippen LogP contribution in [0.3, 0.4) is 0 Å². The minimum absolute atomic E-state index is 0.0300. The molecule has 0 saturated carbocycles. The molecule has 1 aliphatic heterocycles. The Morgan fingerprint density at radius 2 is 2.00 bits per heavy atom. The summed E-state index contributed by atoms with van der Waals surface area (Å²) in [4.78, 5) is 33.6. The van der Waals surface area contributed by atoms with Gasteiger partial charge in [0.1, 0.15) is 11.4 Å². The van der Waals surface area contributed by atoms with Crippen LogP contribution in [0.2, 0.25) is 0 Å². The first-order chi connectivity index (χ1) is 16.1. The Bertz CT molecular complexity index is 1310. The summed E-state index contributed by atoms with van der Waals surface area (Å²) in [5.41, 5.74) is 2.76. The minimum atomic E-state index is -4.21. The zero-order valence-electron chi connectivity index (χ0n) is 18.9. The maximum absolute atomic E-state index is 13.5. The Labute approximate surface area is 198 Å². The van der Waals surface area contributed by atoms with Crippen LogP contribution < -0.4 is 5.56 Å². The highest BCUT2D eigenvalue weighted by molar-refractivity contribution is 7.10. The monoisotopic (exact) mass is 490 g/mol. The summed E-state index contributed by atoms with van der Waals surface area (Å²) in [6.45, 7) is 4.39. The molecule has 0 saturated heterocycles. The van der Waals surface area contributed by atoms with E-state index in [1.165, 1.54) is 15.9 Å². The molecule has 4 heterocycles. The van der Waals surface area contributed by atoms with Gasteiger partial charge in [0.25, 0.3) is 11.5 Å². The first-order valence-electron chi connectivity index (χ1n) is 11.3. The predicted molar refractivity (Wildman–Crippen MR) is 122 cm³/mol. The van der Waals surface area contributed by atoms with Gasteiger partial charge in [-0.2, -0.15) is 13.2 Å². The summed E-state index contributed by atoms with van der Waals surface area (Å²) in [5, 5.41) is 1.89. The molecule has 0 aromatic carbocycles. The van der Waals surface area contributed by atoms with Gasteiger partial charge in [-0.3, -0.25) is 9.59 Å². The molecule has 2 aliphatic rings. The van der Waals surface area contributed by atoms with Crippen LogP contribution in [0.15, 0.2) is 34.8 Å². The Morgan fingerprint density at radius 1 is 1.21 bits per heavy atom. The highest BCUT2D eigenvalue weighted by Crippen LogP contribution is 2.41. The molecule has 3 aromatic heterocycles. The molecular formula is C24H25F3N4O2S. The Hall–Kier alpha value is -2.88. The smallest absolute Gasteiger partial charge is 0.330 e. The number of amides is 1. The third-order valence-corrected chi connectivity index (χ3v) is 8.11. The van der Waals surface area contributed by atoms with Crippen molar-refractivity contribution in [2.75, 3.05) is 0 Å². The largest absolute Gasteiger partial charge is 0.392 e. The third-order valence-electron chi connectivity index (χ3n) is 6.97. The van der Waals surface area contributed by atoms with E-state index < -0.39 is 12.1 Å². The summed E-state index contributed by atoms with van der Waals surface area (Å²) in [6, 6.07) is 3.12. The van der Waals surface area contributed by atoms with E-state index in [1.807, 2.05) is 19.2 Å². The van der Waals surface area contributed by atoms with Gasteiger partial charge in [-0.1, -0.05) is 0 Å². The Morgan fingerprint density at radius 3 is 2.71 bits per heavy atom. The molecule has 5 rings (SSSR count). The van der Waals surface area contributed by atoms with Gasteiger partial charge >= 0.3 is 6.18 Å². The van der Waals surface area contributed by atoms with Gasteiger partial charge in [0, 0.05) is 30.2 Å². The van der Waals surface area contributed by atoms with Gasteiger partial charge in [0.15, 0.2) is 0 Å². The van der Waals surface area contributed by atoms with Crippen LogP contribution >= 0.6 is 11.3 Å². The van der Waals surface area contributed by atoms with E-state index in [9.17, 15) is 22.8 Å². The number of fused-ring (bicyclic) bond motifs is 2. The number of aryl methyl sites for hydroxylation is 2. The average molecular weight is 491 g/mol. The molecule has 180 valence electrons. The summed E-state index contributed by atoms with van der Waals surface area (Å²) >= 11 is 1.48. The van der Waals surface area contributed by atoms with Crippen LogP contribution in [0.1, 0.15) is 52.0 Å². The number of nitrogens with zero attached hydrogens (tertiary/aromatic N) is 4. The van der Waals surface area contributed by atoms with E-state index in [-0.39, 0.29) is 36.9 Å². The normalized spacial score (nSPS) is 20.7. The highest BCUT2D eigenvalue weighted by Gasteiger charge is 2.42. The number of rotatable bonds is 3. The van der Waals surface area contributed by atoms with E-state index >= 15 is 0 Å². The fourth-order valence-electron chi connectivity index (χ4n) is 4.94. The number of hydrogen-bond donors (Lipinski definition) is 0. The molecule has 3 aromatic rings. The van der Waals surface area contributed by atoms with Crippen molar-refractivity contribution in [2.24, 2.45) is 5.92 Å². The molecule has 34 heavy (non-hydrogen) atoms. The van der Waals surface area contributed by atoms with Crippen molar-refractivity contribution in [1.82, 2.24) is 19.0 Å². The van der Waals surface area contributed by atoms with Crippen molar-refractivity contribution in [3.8, 4) is 5.69 Å². The number of pyridine rings is 1. The van der Waals surface area contributed by atoms with Gasteiger partial charge in [-0.25, -0.2) is 4.98 Å². The number of halogens is 3. The Kier molecular flexibility index (Phi) is 5.66. The van der Waals surface area contributed by atoms with Crippen LogP contribution in [0.25, 0.3) is 5.69 Å². The van der Waals surface area contributed by atoms with Crippen LogP contribution in [0.4, 0.5) is 13.2 Å². The number of imidazole rings is 1. The van der Waals surface area contributed by atoms with E-state index in [0.29, 0.717) is 30.8 Å². The number of carbonyl (C=O) groups is 1. The number of alkyl halides is 3. The Balaban J connectivity index is 1.46. The summed E-state index contributed by atoms with van der Waals surface area (Å²) in [7, 11) is 0. The predicted octanol–water partition coefficient (Wildman–Crippen LogP) is 4.51. The van der Waals surface area contributed by atoms with Crippen LogP contribution in [0.5, 0.6) is 0 Å². The van der Waals surface area contributed by atoms with Crippen molar-refractivity contribution >= 4 is 17.2 Å². The molecule has 0 spiro atoms. The maximum atomic E-state index is 13.5. The van der Waals surface area contributed by atoms with Crippen molar-refractivity contribution in [1.29, 1.82) is 0 Å². The number of carbonyl (C=O) groups excluding carboxylic acids is 1. The second-order valence-corrected chi connectivity index (χ2v) is 10.2. The molecule has 1 amide bonds. The zero-order valence-corrected chi connectivity index (χ0v) is 19.7. The number of hydrogen-bond acceptors (Lipinski definition) is 4. The van der Waals surface area contributed by atoms with Gasteiger partial charge < -0.3 is 14.0 Å². The SMILES string of the molecule is Cc1cn(-c2ccc3n(c2=O)CCC(C)N(Cc2csc4c2CC(C(F)(F)F)CC4)C3=O)cn1.